The lowest BCUT2D eigenvalue weighted by Gasteiger charge is -2.32. The van der Waals surface area contributed by atoms with Crippen LogP contribution in [0.25, 0.3) is 11.5 Å². The van der Waals surface area contributed by atoms with Crippen molar-refractivity contribution in [3.8, 4) is 11.5 Å². The van der Waals surface area contributed by atoms with Crippen molar-refractivity contribution < 1.29 is 4.79 Å². The first-order chi connectivity index (χ1) is 13.6. The predicted octanol–water partition coefficient (Wildman–Crippen LogP) is 4.60. The molecule has 4 rings (SSSR count). The standard InChI is InChI=1S/C22H21ClN4O/c1-15-14-20(26-22(25-15)19-4-2-3-11-24-19)27-12-9-17(10-13-27)21(28)16-5-7-18(23)8-6-16/h2-8,11,14,17H,9-10,12-13H2,1H3. The molecule has 0 unspecified atom stereocenters. The minimum atomic E-state index is 0.0376. The van der Waals surface area contributed by atoms with Gasteiger partial charge in [0, 0.05) is 47.6 Å². The number of piperidine rings is 1. The lowest BCUT2D eigenvalue weighted by molar-refractivity contribution is 0.0900. The average molecular weight is 393 g/mol. The number of pyridine rings is 1. The summed E-state index contributed by atoms with van der Waals surface area (Å²) < 4.78 is 0. The van der Waals surface area contributed by atoms with Gasteiger partial charge >= 0.3 is 0 Å². The van der Waals surface area contributed by atoms with E-state index in [0.29, 0.717) is 10.8 Å². The number of benzene rings is 1. The number of hydrogen-bond donors (Lipinski definition) is 0. The number of nitrogens with zero attached hydrogens (tertiary/aromatic N) is 4. The first-order valence-electron chi connectivity index (χ1n) is 9.42. The summed E-state index contributed by atoms with van der Waals surface area (Å²) in [5.41, 5.74) is 2.41. The van der Waals surface area contributed by atoms with Gasteiger partial charge < -0.3 is 4.90 Å². The summed E-state index contributed by atoms with van der Waals surface area (Å²) in [6, 6.07) is 14.9. The number of Topliss-reactive ketones (excluding diaryl/α,β-unsaturated/α-hetero) is 1. The summed E-state index contributed by atoms with van der Waals surface area (Å²) in [4.78, 5) is 28.6. The van der Waals surface area contributed by atoms with E-state index < -0.39 is 0 Å². The third-order valence-corrected chi connectivity index (χ3v) is 5.31. The molecule has 1 fully saturated rings. The van der Waals surface area contributed by atoms with Crippen molar-refractivity contribution in [1.29, 1.82) is 0 Å². The highest BCUT2D eigenvalue weighted by Gasteiger charge is 2.26. The number of hydrogen-bond acceptors (Lipinski definition) is 5. The van der Waals surface area contributed by atoms with Gasteiger partial charge in [0.1, 0.15) is 11.5 Å². The van der Waals surface area contributed by atoms with Crippen LogP contribution in [0.3, 0.4) is 0 Å². The summed E-state index contributed by atoms with van der Waals surface area (Å²) in [5, 5.41) is 0.647. The van der Waals surface area contributed by atoms with Gasteiger partial charge in [-0.2, -0.15) is 0 Å². The van der Waals surface area contributed by atoms with Gasteiger partial charge in [0.05, 0.1) is 0 Å². The van der Waals surface area contributed by atoms with E-state index in [2.05, 4.69) is 14.9 Å². The molecule has 28 heavy (non-hydrogen) atoms. The molecule has 6 heteroatoms. The Morgan fingerprint density at radius 2 is 1.82 bits per heavy atom. The number of aromatic nitrogens is 3. The van der Waals surface area contributed by atoms with Gasteiger partial charge in [-0.3, -0.25) is 9.78 Å². The van der Waals surface area contributed by atoms with Gasteiger partial charge in [-0.1, -0.05) is 17.7 Å². The molecule has 3 heterocycles. The minimum Gasteiger partial charge on any atom is -0.356 e. The quantitative estimate of drug-likeness (QED) is 0.607. The fourth-order valence-electron chi connectivity index (χ4n) is 3.54. The lowest BCUT2D eigenvalue weighted by Crippen LogP contribution is -2.37. The molecule has 1 aliphatic rings. The Balaban J connectivity index is 1.47. The van der Waals surface area contributed by atoms with E-state index in [1.54, 1.807) is 18.3 Å². The first kappa shape index (κ1) is 18.6. The minimum absolute atomic E-state index is 0.0376. The van der Waals surface area contributed by atoms with Crippen LogP contribution in [-0.2, 0) is 0 Å². The van der Waals surface area contributed by atoms with Crippen molar-refractivity contribution >= 4 is 23.2 Å². The molecule has 0 spiro atoms. The number of aryl methyl sites for hydroxylation is 1. The maximum Gasteiger partial charge on any atom is 0.180 e. The molecular weight excluding hydrogens is 372 g/mol. The van der Waals surface area contributed by atoms with Gasteiger partial charge in [0.25, 0.3) is 0 Å². The van der Waals surface area contributed by atoms with Gasteiger partial charge in [0.15, 0.2) is 11.6 Å². The molecule has 0 bridgehead atoms. The monoisotopic (exact) mass is 392 g/mol. The Hall–Kier alpha value is -2.79. The summed E-state index contributed by atoms with van der Waals surface area (Å²) >= 11 is 5.92. The third kappa shape index (κ3) is 4.04. The highest BCUT2D eigenvalue weighted by molar-refractivity contribution is 6.30. The average Bonchev–Trinajstić information content (AvgIpc) is 2.74. The molecule has 0 atom stereocenters. The number of carbonyl (C=O) groups is 1. The van der Waals surface area contributed by atoms with E-state index in [9.17, 15) is 4.79 Å². The molecule has 0 radical (unpaired) electrons. The predicted molar refractivity (Wildman–Crippen MR) is 111 cm³/mol. The van der Waals surface area contributed by atoms with Crippen LogP contribution in [0.15, 0.2) is 54.7 Å². The van der Waals surface area contributed by atoms with Crippen LogP contribution in [0.1, 0.15) is 28.9 Å². The van der Waals surface area contributed by atoms with Crippen molar-refractivity contribution in [3.05, 3.63) is 71.0 Å². The van der Waals surface area contributed by atoms with Crippen LogP contribution in [0, 0.1) is 12.8 Å². The van der Waals surface area contributed by atoms with Crippen LogP contribution in [-0.4, -0.2) is 33.8 Å². The highest BCUT2D eigenvalue weighted by atomic mass is 35.5. The summed E-state index contributed by atoms with van der Waals surface area (Å²) in [5.74, 6) is 1.76. The van der Waals surface area contributed by atoms with Crippen LogP contribution in [0.4, 0.5) is 5.82 Å². The zero-order valence-corrected chi connectivity index (χ0v) is 16.4. The Morgan fingerprint density at radius 1 is 1.07 bits per heavy atom. The van der Waals surface area contributed by atoms with E-state index in [1.165, 1.54) is 0 Å². The summed E-state index contributed by atoms with van der Waals surface area (Å²) in [7, 11) is 0. The zero-order valence-electron chi connectivity index (χ0n) is 15.7. The molecule has 1 saturated heterocycles. The van der Waals surface area contributed by atoms with Gasteiger partial charge in [-0.25, -0.2) is 9.97 Å². The number of rotatable bonds is 4. The van der Waals surface area contributed by atoms with Crippen molar-refractivity contribution in [2.24, 2.45) is 5.92 Å². The van der Waals surface area contributed by atoms with E-state index >= 15 is 0 Å². The van der Waals surface area contributed by atoms with Gasteiger partial charge in [-0.15, -0.1) is 0 Å². The largest absolute Gasteiger partial charge is 0.356 e. The molecule has 2 aromatic heterocycles. The normalized spacial score (nSPS) is 14.9. The third-order valence-electron chi connectivity index (χ3n) is 5.05. The summed E-state index contributed by atoms with van der Waals surface area (Å²) in [6.45, 7) is 3.55. The smallest absolute Gasteiger partial charge is 0.180 e. The highest BCUT2D eigenvalue weighted by Crippen LogP contribution is 2.26. The number of ketones is 1. The molecule has 0 aliphatic carbocycles. The van der Waals surface area contributed by atoms with Gasteiger partial charge in [-0.05, 0) is 56.2 Å². The number of carbonyl (C=O) groups excluding carboxylic acids is 1. The van der Waals surface area contributed by atoms with Crippen molar-refractivity contribution in [3.63, 3.8) is 0 Å². The van der Waals surface area contributed by atoms with Crippen LogP contribution in [0.2, 0.25) is 5.02 Å². The van der Waals surface area contributed by atoms with E-state index in [4.69, 9.17) is 16.6 Å². The Kier molecular flexibility index (Phi) is 5.35. The Morgan fingerprint density at radius 3 is 2.50 bits per heavy atom. The van der Waals surface area contributed by atoms with Crippen molar-refractivity contribution in [1.82, 2.24) is 15.0 Å². The van der Waals surface area contributed by atoms with Crippen LogP contribution >= 0.6 is 11.6 Å². The molecule has 3 aromatic rings. The van der Waals surface area contributed by atoms with Crippen LogP contribution < -0.4 is 4.90 Å². The number of halogens is 1. The molecule has 1 aliphatic heterocycles. The molecule has 1 aromatic carbocycles. The summed E-state index contributed by atoms with van der Waals surface area (Å²) in [6.07, 6.45) is 3.36. The maximum atomic E-state index is 12.8. The first-order valence-corrected chi connectivity index (χ1v) is 9.80. The van der Waals surface area contributed by atoms with E-state index in [-0.39, 0.29) is 11.7 Å². The Labute approximate surface area is 169 Å². The fourth-order valence-corrected chi connectivity index (χ4v) is 3.67. The molecule has 5 nitrogen and oxygen atoms in total. The molecule has 0 saturated carbocycles. The molecule has 0 N–H and O–H groups in total. The molecule has 142 valence electrons. The zero-order chi connectivity index (χ0) is 19.5. The molecular formula is C22H21ClN4O. The second-order valence-corrected chi connectivity index (χ2v) is 7.48. The van der Waals surface area contributed by atoms with Crippen molar-refractivity contribution in [2.75, 3.05) is 18.0 Å². The second kappa shape index (κ2) is 8.07. The van der Waals surface area contributed by atoms with Crippen LogP contribution in [0.5, 0.6) is 0 Å². The van der Waals surface area contributed by atoms with Crippen molar-refractivity contribution in [2.45, 2.75) is 19.8 Å². The fraction of sp³-hybridized carbons (Fsp3) is 0.273. The topological polar surface area (TPSA) is 59.0 Å². The number of anilines is 1. The second-order valence-electron chi connectivity index (χ2n) is 7.04. The van der Waals surface area contributed by atoms with E-state index in [0.717, 1.165) is 48.7 Å². The van der Waals surface area contributed by atoms with Gasteiger partial charge in [0.2, 0.25) is 0 Å². The lowest BCUT2D eigenvalue weighted by atomic mass is 9.89. The van der Waals surface area contributed by atoms with E-state index in [1.807, 2.05) is 43.3 Å². The Bertz CT molecular complexity index is 968. The SMILES string of the molecule is Cc1cc(N2CCC(C(=O)c3ccc(Cl)cc3)CC2)nc(-c2ccccn2)n1. The maximum absolute atomic E-state index is 12.8. The molecule has 0 amide bonds.